The van der Waals surface area contributed by atoms with Gasteiger partial charge in [0.05, 0.1) is 17.5 Å². The number of amides is 4. The van der Waals surface area contributed by atoms with Gasteiger partial charge in [-0.25, -0.2) is 4.79 Å². The van der Waals surface area contributed by atoms with Crippen LogP contribution in [0.1, 0.15) is 12.0 Å². The van der Waals surface area contributed by atoms with Crippen molar-refractivity contribution in [1.29, 1.82) is 0 Å². The molecule has 6 heteroatoms. The number of rotatable bonds is 4. The highest BCUT2D eigenvalue weighted by molar-refractivity contribution is 6.22. The van der Waals surface area contributed by atoms with E-state index in [1.54, 1.807) is 12.1 Å². The first-order valence-electron chi connectivity index (χ1n) is 9.87. The minimum atomic E-state index is -0.291. The normalized spacial score (nSPS) is 26.7. The molecule has 1 heterocycles. The zero-order valence-corrected chi connectivity index (χ0v) is 15.7. The molecule has 146 valence electrons. The average Bonchev–Trinajstić information content (AvgIpc) is 3.42. The smallest absolute Gasteiger partial charge is 0.319 e. The Morgan fingerprint density at radius 1 is 0.897 bits per heavy atom. The largest absolute Gasteiger partial charge is 0.334 e. The second kappa shape index (κ2) is 6.88. The summed E-state index contributed by atoms with van der Waals surface area (Å²) in [6, 6.07) is 16.1. The molecular formula is C23H21N3O3. The summed E-state index contributed by atoms with van der Waals surface area (Å²) in [6.07, 6.45) is 5.11. The van der Waals surface area contributed by atoms with Gasteiger partial charge in [0.15, 0.2) is 0 Å². The minimum absolute atomic E-state index is 0.0787. The average molecular weight is 387 g/mol. The van der Waals surface area contributed by atoms with E-state index in [-0.39, 0.29) is 41.5 Å². The van der Waals surface area contributed by atoms with Crippen LogP contribution in [0.5, 0.6) is 0 Å². The summed E-state index contributed by atoms with van der Waals surface area (Å²) in [5.74, 6) is -0.132. The second-order valence-electron chi connectivity index (χ2n) is 7.85. The van der Waals surface area contributed by atoms with Crippen molar-refractivity contribution < 1.29 is 14.4 Å². The number of benzene rings is 2. The van der Waals surface area contributed by atoms with Crippen LogP contribution in [0.2, 0.25) is 0 Å². The highest BCUT2D eigenvalue weighted by Gasteiger charge is 2.59. The van der Waals surface area contributed by atoms with Crippen LogP contribution in [0, 0.1) is 23.7 Å². The van der Waals surface area contributed by atoms with Crippen molar-refractivity contribution in [2.75, 3.05) is 10.2 Å². The van der Waals surface area contributed by atoms with Crippen LogP contribution in [0.4, 0.5) is 16.2 Å². The second-order valence-corrected chi connectivity index (χ2v) is 7.85. The number of carbonyl (C=O) groups is 3. The van der Waals surface area contributed by atoms with Gasteiger partial charge in [-0.15, -0.1) is 0 Å². The lowest BCUT2D eigenvalue weighted by atomic mass is 9.85. The zero-order valence-electron chi connectivity index (χ0n) is 15.7. The molecule has 0 aromatic heterocycles. The Morgan fingerprint density at radius 2 is 1.52 bits per heavy atom. The van der Waals surface area contributed by atoms with Crippen LogP contribution >= 0.6 is 0 Å². The molecule has 0 spiro atoms. The van der Waals surface area contributed by atoms with Gasteiger partial charge in [0, 0.05) is 12.2 Å². The van der Waals surface area contributed by atoms with Crippen molar-refractivity contribution in [2.45, 2.75) is 13.0 Å². The minimum Gasteiger partial charge on any atom is -0.334 e. The molecule has 2 bridgehead atoms. The lowest BCUT2D eigenvalue weighted by molar-refractivity contribution is -0.123. The Kier molecular flexibility index (Phi) is 4.19. The molecule has 1 saturated carbocycles. The summed E-state index contributed by atoms with van der Waals surface area (Å²) in [5.41, 5.74) is 2.21. The Labute approximate surface area is 168 Å². The highest BCUT2D eigenvalue weighted by atomic mass is 16.2. The van der Waals surface area contributed by atoms with Crippen molar-refractivity contribution >= 4 is 29.2 Å². The number of fused-ring (bicyclic) bond motifs is 5. The van der Waals surface area contributed by atoms with E-state index in [1.807, 2.05) is 42.5 Å². The number of para-hydroxylation sites is 1. The van der Waals surface area contributed by atoms with Gasteiger partial charge in [0.1, 0.15) is 0 Å². The van der Waals surface area contributed by atoms with E-state index in [0.29, 0.717) is 12.2 Å². The van der Waals surface area contributed by atoms with Gasteiger partial charge in [-0.2, -0.15) is 0 Å². The first-order chi connectivity index (χ1) is 14.1. The summed E-state index contributed by atoms with van der Waals surface area (Å²) in [6.45, 7) is 0.347. The molecule has 4 atom stereocenters. The van der Waals surface area contributed by atoms with E-state index in [2.05, 4.69) is 22.8 Å². The standard InChI is InChI=1S/C23H21N3O3/c27-21-19-15-8-9-16(12-15)20(19)22(28)26(21)18-10-6-14(7-11-18)13-24-23(29)25-17-4-2-1-3-5-17/h1-11,15-16,19-20H,12-13H2,(H2,24,25,29). The van der Waals surface area contributed by atoms with Gasteiger partial charge in [0.2, 0.25) is 11.8 Å². The van der Waals surface area contributed by atoms with Crippen LogP contribution in [-0.4, -0.2) is 17.8 Å². The number of urea groups is 1. The molecule has 0 radical (unpaired) electrons. The molecule has 2 fully saturated rings. The Hall–Kier alpha value is -3.41. The van der Waals surface area contributed by atoms with E-state index in [9.17, 15) is 14.4 Å². The Balaban J connectivity index is 1.22. The van der Waals surface area contributed by atoms with E-state index in [0.717, 1.165) is 17.7 Å². The zero-order chi connectivity index (χ0) is 20.0. The Morgan fingerprint density at radius 3 is 2.14 bits per heavy atom. The van der Waals surface area contributed by atoms with Crippen LogP contribution in [0.3, 0.4) is 0 Å². The van der Waals surface area contributed by atoms with E-state index >= 15 is 0 Å². The first kappa shape index (κ1) is 17.7. The number of imide groups is 1. The molecule has 1 aliphatic heterocycles. The van der Waals surface area contributed by atoms with E-state index < -0.39 is 0 Å². The summed E-state index contributed by atoms with van der Waals surface area (Å²) in [4.78, 5) is 39.1. The maximum atomic E-state index is 12.9. The van der Waals surface area contributed by atoms with Crippen LogP contribution < -0.4 is 15.5 Å². The number of hydrogen-bond donors (Lipinski definition) is 2. The summed E-state index contributed by atoms with van der Waals surface area (Å²) >= 11 is 0. The van der Waals surface area contributed by atoms with Gasteiger partial charge in [-0.3, -0.25) is 14.5 Å². The topological polar surface area (TPSA) is 78.5 Å². The van der Waals surface area contributed by atoms with Crippen molar-refractivity contribution in [1.82, 2.24) is 5.32 Å². The number of allylic oxidation sites excluding steroid dienone is 2. The summed E-state index contributed by atoms with van der Waals surface area (Å²) in [7, 11) is 0. The van der Waals surface area contributed by atoms with Gasteiger partial charge in [-0.1, -0.05) is 42.5 Å². The molecule has 6 nitrogen and oxygen atoms in total. The molecular weight excluding hydrogens is 366 g/mol. The molecule has 1 saturated heterocycles. The number of nitrogens with zero attached hydrogens (tertiary/aromatic N) is 1. The number of anilines is 2. The molecule has 2 N–H and O–H groups in total. The lowest BCUT2D eigenvalue weighted by Gasteiger charge is -2.17. The molecule has 2 aliphatic carbocycles. The van der Waals surface area contributed by atoms with Crippen LogP contribution in [0.25, 0.3) is 0 Å². The molecule has 4 unspecified atom stereocenters. The fourth-order valence-corrected chi connectivity index (χ4v) is 4.80. The predicted molar refractivity (Wildman–Crippen MR) is 109 cm³/mol. The fraction of sp³-hybridized carbons (Fsp3) is 0.261. The van der Waals surface area contributed by atoms with Gasteiger partial charge in [-0.05, 0) is 48.1 Å². The predicted octanol–water partition coefficient (Wildman–Crippen LogP) is 3.32. The van der Waals surface area contributed by atoms with Gasteiger partial charge < -0.3 is 10.6 Å². The Bertz CT molecular complexity index is 970. The molecule has 2 aromatic rings. The van der Waals surface area contributed by atoms with Crippen molar-refractivity contribution in [2.24, 2.45) is 23.7 Å². The maximum Gasteiger partial charge on any atom is 0.319 e. The molecule has 2 aromatic carbocycles. The lowest BCUT2D eigenvalue weighted by Crippen LogP contribution is -2.32. The summed E-state index contributed by atoms with van der Waals surface area (Å²) in [5, 5.41) is 5.56. The van der Waals surface area contributed by atoms with Crippen LogP contribution in [0.15, 0.2) is 66.7 Å². The van der Waals surface area contributed by atoms with Crippen molar-refractivity contribution in [3.8, 4) is 0 Å². The molecule has 3 aliphatic rings. The van der Waals surface area contributed by atoms with Gasteiger partial charge in [0.25, 0.3) is 0 Å². The molecule has 5 rings (SSSR count). The maximum absolute atomic E-state index is 12.9. The van der Waals surface area contributed by atoms with E-state index in [4.69, 9.17) is 0 Å². The number of nitrogens with one attached hydrogen (secondary N) is 2. The van der Waals surface area contributed by atoms with Crippen LogP contribution in [-0.2, 0) is 16.1 Å². The third-order valence-electron chi connectivity index (χ3n) is 6.15. The third kappa shape index (κ3) is 3.01. The fourth-order valence-electron chi connectivity index (χ4n) is 4.80. The van der Waals surface area contributed by atoms with Gasteiger partial charge >= 0.3 is 6.03 Å². The SMILES string of the molecule is O=C(NCc1ccc(N2C(=O)C3C4C=CC(C4)C3C2=O)cc1)Nc1ccccc1. The number of carbonyl (C=O) groups excluding carboxylic acids is 3. The van der Waals surface area contributed by atoms with Crippen molar-refractivity contribution in [3.05, 3.63) is 72.3 Å². The number of hydrogen-bond acceptors (Lipinski definition) is 3. The first-order valence-corrected chi connectivity index (χ1v) is 9.87. The molecule has 4 amide bonds. The van der Waals surface area contributed by atoms with E-state index in [1.165, 1.54) is 4.90 Å². The third-order valence-corrected chi connectivity index (χ3v) is 6.15. The quantitative estimate of drug-likeness (QED) is 0.624. The monoisotopic (exact) mass is 387 g/mol. The van der Waals surface area contributed by atoms with Crippen molar-refractivity contribution in [3.63, 3.8) is 0 Å². The summed E-state index contributed by atoms with van der Waals surface area (Å²) < 4.78 is 0. The molecule has 29 heavy (non-hydrogen) atoms. The highest BCUT2D eigenvalue weighted by Crippen LogP contribution is 2.53.